The van der Waals surface area contributed by atoms with Gasteiger partial charge in [-0.2, -0.15) is 0 Å². The molecule has 206 valence electrons. The maximum absolute atomic E-state index is 12.5. The molecule has 0 spiro atoms. The van der Waals surface area contributed by atoms with Crippen LogP contribution in [-0.4, -0.2) is 45.6 Å². The Morgan fingerprint density at radius 3 is 2.38 bits per heavy atom. The molecule has 4 rings (SSSR count). The summed E-state index contributed by atoms with van der Waals surface area (Å²) in [4.78, 5) is 18.5. The Balaban J connectivity index is 1.55. The number of benzene rings is 2. The maximum atomic E-state index is 12.5. The van der Waals surface area contributed by atoms with E-state index in [-0.39, 0.29) is 12.0 Å². The second kappa shape index (κ2) is 12.2. The van der Waals surface area contributed by atoms with Gasteiger partial charge in [-0.05, 0) is 99.9 Å². The fourth-order valence-corrected chi connectivity index (χ4v) is 5.52. The number of carbonyl (C=O) groups excluding carboxylic acids is 1. The number of hydrogen-bond donors (Lipinski definition) is 1. The summed E-state index contributed by atoms with van der Waals surface area (Å²) in [5.41, 5.74) is 6.50. The Labute approximate surface area is 236 Å². The van der Waals surface area contributed by atoms with Crippen molar-refractivity contribution in [3.05, 3.63) is 99.3 Å². The number of likely N-dealkylation sites (tertiary alicyclic amines) is 1. The summed E-state index contributed by atoms with van der Waals surface area (Å²) in [6.45, 7) is 11.1. The van der Waals surface area contributed by atoms with Crippen LogP contribution in [0, 0.1) is 13.8 Å². The summed E-state index contributed by atoms with van der Waals surface area (Å²) in [5, 5.41) is 14.4. The minimum absolute atomic E-state index is 0.0234. The van der Waals surface area contributed by atoms with Gasteiger partial charge in [-0.1, -0.05) is 47.1 Å². The van der Waals surface area contributed by atoms with Gasteiger partial charge in [0.1, 0.15) is 5.60 Å². The largest absolute Gasteiger partial charge is 0.444 e. The number of ether oxygens (including phenoxy) is 1. The first-order valence-corrected chi connectivity index (χ1v) is 13.9. The molecular formula is C32H38ClN3O3. The zero-order valence-corrected chi connectivity index (χ0v) is 24.2. The fraction of sp³-hybridized carbons (Fsp3) is 0.406. The van der Waals surface area contributed by atoms with Gasteiger partial charge in [-0.25, -0.2) is 4.79 Å². The van der Waals surface area contributed by atoms with Gasteiger partial charge in [0.2, 0.25) is 0 Å². The number of rotatable bonds is 6. The minimum Gasteiger partial charge on any atom is -0.444 e. The van der Waals surface area contributed by atoms with Crippen molar-refractivity contribution in [1.29, 1.82) is 0 Å². The van der Waals surface area contributed by atoms with E-state index in [2.05, 4.69) is 47.4 Å². The highest BCUT2D eigenvalue weighted by atomic mass is 35.5. The van der Waals surface area contributed by atoms with Crippen molar-refractivity contribution in [2.24, 2.45) is 5.16 Å². The molecule has 2 aromatic carbocycles. The number of halogens is 1. The molecule has 1 N–H and O–H groups in total. The molecule has 1 fully saturated rings. The van der Waals surface area contributed by atoms with E-state index in [0.717, 1.165) is 40.8 Å². The van der Waals surface area contributed by atoms with Crippen molar-refractivity contribution < 1.29 is 14.7 Å². The highest BCUT2D eigenvalue weighted by Gasteiger charge is 2.28. The molecule has 1 aliphatic heterocycles. The van der Waals surface area contributed by atoms with Crippen molar-refractivity contribution in [2.75, 3.05) is 13.1 Å². The van der Waals surface area contributed by atoms with Crippen LogP contribution in [0.25, 0.3) is 0 Å². The van der Waals surface area contributed by atoms with Gasteiger partial charge in [-0.15, -0.1) is 0 Å². The number of hydrogen-bond acceptors (Lipinski definition) is 5. The third-order valence-corrected chi connectivity index (χ3v) is 7.55. The van der Waals surface area contributed by atoms with Crippen LogP contribution in [0.15, 0.2) is 65.9 Å². The second-order valence-electron chi connectivity index (χ2n) is 11.4. The van der Waals surface area contributed by atoms with E-state index in [4.69, 9.17) is 16.3 Å². The molecule has 0 saturated carbocycles. The van der Waals surface area contributed by atoms with Crippen LogP contribution >= 0.6 is 11.6 Å². The first-order chi connectivity index (χ1) is 18.5. The van der Waals surface area contributed by atoms with Crippen molar-refractivity contribution in [1.82, 2.24) is 9.88 Å². The molecule has 6 nitrogen and oxygen atoms in total. The number of nitrogens with zero attached hydrogens (tertiary/aromatic N) is 3. The summed E-state index contributed by atoms with van der Waals surface area (Å²) < 4.78 is 5.55. The highest BCUT2D eigenvalue weighted by Crippen LogP contribution is 2.35. The Bertz CT molecular complexity index is 1320. The highest BCUT2D eigenvalue weighted by molar-refractivity contribution is 6.30. The summed E-state index contributed by atoms with van der Waals surface area (Å²) in [5.74, 6) is 0.368. The monoisotopic (exact) mass is 547 g/mol. The number of piperidine rings is 1. The summed E-state index contributed by atoms with van der Waals surface area (Å²) >= 11 is 6.28. The number of amides is 1. The third kappa shape index (κ3) is 7.39. The SMILES string of the molecule is Cc1cc(/C(C[C@H](c2ccc(C3CCN(C(=O)OC(C)(C)C)CC3)cc2)c2ccc(Cl)cc2C)=N/O)ccn1. The van der Waals surface area contributed by atoms with E-state index in [1.807, 2.05) is 56.9 Å². The molecule has 1 atom stereocenters. The zero-order valence-electron chi connectivity index (χ0n) is 23.4. The Hall–Kier alpha value is -3.38. The van der Waals surface area contributed by atoms with E-state index in [1.54, 1.807) is 6.20 Å². The lowest BCUT2D eigenvalue weighted by Crippen LogP contribution is -2.41. The first-order valence-electron chi connectivity index (χ1n) is 13.5. The minimum atomic E-state index is -0.487. The predicted molar refractivity (Wildman–Crippen MR) is 156 cm³/mol. The summed E-state index contributed by atoms with van der Waals surface area (Å²) in [6, 6.07) is 18.5. The topological polar surface area (TPSA) is 75.0 Å². The van der Waals surface area contributed by atoms with Gasteiger partial charge in [0, 0.05) is 47.9 Å². The normalized spacial score (nSPS) is 15.7. The van der Waals surface area contributed by atoms with E-state index in [0.29, 0.717) is 36.2 Å². The summed E-state index contributed by atoms with van der Waals surface area (Å²) in [6.07, 6.45) is 3.84. The lowest BCUT2D eigenvalue weighted by Gasteiger charge is -2.33. The molecular weight excluding hydrogens is 510 g/mol. The zero-order chi connectivity index (χ0) is 28.2. The molecule has 0 unspecified atom stereocenters. The van der Waals surface area contributed by atoms with Crippen LogP contribution in [0.5, 0.6) is 0 Å². The number of oxime groups is 1. The van der Waals surface area contributed by atoms with Gasteiger partial charge < -0.3 is 14.8 Å². The molecule has 0 bridgehead atoms. The molecule has 1 amide bonds. The lowest BCUT2D eigenvalue weighted by atomic mass is 9.82. The molecule has 0 radical (unpaired) electrons. The Morgan fingerprint density at radius 1 is 1.10 bits per heavy atom. The number of aryl methyl sites for hydroxylation is 2. The van der Waals surface area contributed by atoms with E-state index in [9.17, 15) is 10.0 Å². The van der Waals surface area contributed by atoms with E-state index >= 15 is 0 Å². The number of aromatic nitrogens is 1. The maximum Gasteiger partial charge on any atom is 0.410 e. The van der Waals surface area contributed by atoms with Gasteiger partial charge in [0.15, 0.2) is 0 Å². The molecule has 1 aliphatic rings. The third-order valence-electron chi connectivity index (χ3n) is 7.31. The van der Waals surface area contributed by atoms with Gasteiger partial charge in [0.25, 0.3) is 0 Å². The van der Waals surface area contributed by atoms with Gasteiger partial charge in [0.05, 0.1) is 5.71 Å². The van der Waals surface area contributed by atoms with Crippen molar-refractivity contribution in [3.8, 4) is 0 Å². The fourth-order valence-electron chi connectivity index (χ4n) is 5.29. The molecule has 39 heavy (non-hydrogen) atoms. The molecule has 1 saturated heterocycles. The lowest BCUT2D eigenvalue weighted by molar-refractivity contribution is 0.0205. The predicted octanol–water partition coefficient (Wildman–Crippen LogP) is 7.87. The average molecular weight is 548 g/mol. The molecule has 7 heteroatoms. The standard InChI is InChI=1S/C32H38ClN3O3/c1-21-18-27(33)10-11-28(21)29(20-30(35-38)26-12-15-34-22(2)19-26)25-8-6-23(7-9-25)24-13-16-36(17-14-24)31(37)39-32(3,4)5/h6-12,15,18-19,24,29,38H,13-14,16-17,20H2,1-5H3/b35-30+/t29-/m1/s1. The van der Waals surface area contributed by atoms with Gasteiger partial charge >= 0.3 is 6.09 Å². The Morgan fingerprint density at radius 2 is 1.79 bits per heavy atom. The van der Waals surface area contributed by atoms with Crippen molar-refractivity contribution in [2.45, 2.75) is 71.3 Å². The molecule has 1 aromatic heterocycles. The van der Waals surface area contributed by atoms with Gasteiger partial charge in [-0.3, -0.25) is 4.98 Å². The quantitative estimate of drug-likeness (QED) is 0.193. The second-order valence-corrected chi connectivity index (χ2v) is 11.8. The van der Waals surface area contributed by atoms with Crippen LogP contribution in [0.1, 0.15) is 85.4 Å². The molecule has 2 heterocycles. The average Bonchev–Trinajstić information content (AvgIpc) is 2.89. The smallest absolute Gasteiger partial charge is 0.410 e. The van der Waals surface area contributed by atoms with E-state index in [1.165, 1.54) is 5.56 Å². The van der Waals surface area contributed by atoms with Crippen molar-refractivity contribution in [3.63, 3.8) is 0 Å². The number of pyridine rings is 1. The van der Waals surface area contributed by atoms with Crippen LogP contribution in [0.2, 0.25) is 5.02 Å². The van der Waals surface area contributed by atoms with E-state index < -0.39 is 5.60 Å². The van der Waals surface area contributed by atoms with Crippen LogP contribution in [-0.2, 0) is 4.74 Å². The van der Waals surface area contributed by atoms with Crippen molar-refractivity contribution >= 4 is 23.4 Å². The number of carbonyl (C=O) groups is 1. The first kappa shape index (κ1) is 28.6. The van der Waals surface area contributed by atoms with Crippen LogP contribution in [0.3, 0.4) is 0 Å². The molecule has 0 aliphatic carbocycles. The van der Waals surface area contributed by atoms with Crippen LogP contribution in [0.4, 0.5) is 4.79 Å². The Kier molecular flexibility index (Phi) is 8.96. The van der Waals surface area contributed by atoms with Crippen LogP contribution < -0.4 is 0 Å². The molecule has 3 aromatic rings. The summed E-state index contributed by atoms with van der Waals surface area (Å²) in [7, 11) is 0.